The minimum absolute atomic E-state index is 0.0942. The monoisotopic (exact) mass is 421 g/mol. The van der Waals surface area contributed by atoms with Gasteiger partial charge in [0, 0.05) is 28.8 Å². The van der Waals surface area contributed by atoms with Gasteiger partial charge in [-0.3, -0.25) is 9.98 Å². The van der Waals surface area contributed by atoms with Gasteiger partial charge in [0.05, 0.1) is 12.3 Å². The summed E-state index contributed by atoms with van der Waals surface area (Å²) in [6, 6.07) is 18.9. The number of alkyl halides is 1. The molecule has 0 fully saturated rings. The van der Waals surface area contributed by atoms with E-state index < -0.39 is 0 Å². The molecule has 2 aromatic rings. The first-order chi connectivity index (χ1) is 13.2. The van der Waals surface area contributed by atoms with Crippen LogP contribution in [0.3, 0.4) is 0 Å². The van der Waals surface area contributed by atoms with Crippen molar-refractivity contribution in [2.24, 2.45) is 9.98 Å². The van der Waals surface area contributed by atoms with Crippen molar-refractivity contribution in [2.45, 2.75) is 25.2 Å². The lowest BCUT2D eigenvalue weighted by Crippen LogP contribution is -2.16. The molecular weight excluding hydrogens is 398 g/mol. The summed E-state index contributed by atoms with van der Waals surface area (Å²) in [6.45, 7) is 4.90. The van der Waals surface area contributed by atoms with Crippen molar-refractivity contribution < 1.29 is 0 Å². The van der Waals surface area contributed by atoms with Gasteiger partial charge in [-0.25, -0.2) is 0 Å². The normalized spacial score (nSPS) is 17.2. The first-order valence-electron chi connectivity index (χ1n) is 9.23. The summed E-state index contributed by atoms with van der Waals surface area (Å²) >= 11 is 3.46. The molecule has 0 saturated carbocycles. The summed E-state index contributed by atoms with van der Waals surface area (Å²) in [4.78, 5) is 11.3. The van der Waals surface area contributed by atoms with Gasteiger partial charge in [-0.1, -0.05) is 65.3 Å². The summed E-state index contributed by atoms with van der Waals surface area (Å²) in [5.74, 6) is 0. The third kappa shape index (κ3) is 4.83. The number of hydrogen-bond donors (Lipinski definition) is 0. The van der Waals surface area contributed by atoms with Gasteiger partial charge in [-0.15, -0.1) is 0 Å². The van der Waals surface area contributed by atoms with Crippen LogP contribution in [0.4, 0.5) is 11.4 Å². The van der Waals surface area contributed by atoms with Crippen molar-refractivity contribution in [2.75, 3.05) is 11.4 Å². The van der Waals surface area contributed by atoms with E-state index in [-0.39, 0.29) is 4.95 Å². The Labute approximate surface area is 170 Å². The number of allylic oxidation sites excluding steroid dienone is 3. The topological polar surface area (TPSA) is 28.0 Å². The van der Waals surface area contributed by atoms with Gasteiger partial charge in [0.15, 0.2) is 0 Å². The van der Waals surface area contributed by atoms with Crippen molar-refractivity contribution in [1.29, 1.82) is 0 Å². The molecule has 0 N–H and O–H groups in total. The molecule has 0 spiro atoms. The molecule has 0 bridgehead atoms. The molecule has 0 saturated heterocycles. The minimum atomic E-state index is 0.0942. The summed E-state index contributed by atoms with van der Waals surface area (Å²) < 4.78 is 0. The number of anilines is 2. The van der Waals surface area contributed by atoms with Gasteiger partial charge in [0.25, 0.3) is 0 Å². The number of nitrogens with zero attached hydrogens (tertiary/aromatic N) is 3. The maximum Gasteiger partial charge on any atom is 0.124 e. The second-order valence-electron chi connectivity index (χ2n) is 6.18. The van der Waals surface area contributed by atoms with E-state index in [1.807, 2.05) is 12.3 Å². The standard InChI is InChI=1S/C23H24BrN3/c1-3-5-9-19(4-2)27(20-10-7-6-8-11-20)21-14-12-18(13-15-21)22-16-26-23(24)17-25-22/h4-16,23H,3,17H2,1-2H3. The highest BCUT2D eigenvalue weighted by atomic mass is 79.9. The SMILES string of the molecule is CC=C(C=CCC)N(c1ccccc1)c1ccc(C2=NCC(Br)N=C2)cc1. The van der Waals surface area contributed by atoms with Crippen molar-refractivity contribution >= 4 is 39.2 Å². The summed E-state index contributed by atoms with van der Waals surface area (Å²) in [5, 5.41) is 0. The maximum absolute atomic E-state index is 4.59. The van der Waals surface area contributed by atoms with E-state index in [4.69, 9.17) is 0 Å². The first-order valence-corrected chi connectivity index (χ1v) is 10.1. The number of hydrogen-bond acceptors (Lipinski definition) is 3. The fourth-order valence-corrected chi connectivity index (χ4v) is 3.19. The Morgan fingerprint density at radius 2 is 1.81 bits per heavy atom. The average Bonchev–Trinajstić information content (AvgIpc) is 2.72. The van der Waals surface area contributed by atoms with E-state index >= 15 is 0 Å². The molecule has 0 amide bonds. The van der Waals surface area contributed by atoms with Crippen LogP contribution in [0.1, 0.15) is 25.8 Å². The van der Waals surface area contributed by atoms with Crippen molar-refractivity contribution in [3.05, 3.63) is 84.1 Å². The summed E-state index contributed by atoms with van der Waals surface area (Å²) in [5.41, 5.74) is 5.42. The van der Waals surface area contributed by atoms with Gasteiger partial charge in [0.2, 0.25) is 0 Å². The molecule has 3 rings (SSSR count). The molecule has 0 radical (unpaired) electrons. The largest absolute Gasteiger partial charge is 0.311 e. The third-order valence-corrected chi connectivity index (χ3v) is 4.81. The quantitative estimate of drug-likeness (QED) is 0.306. The lowest BCUT2D eigenvalue weighted by atomic mass is 10.1. The van der Waals surface area contributed by atoms with Crippen molar-refractivity contribution in [3.63, 3.8) is 0 Å². The predicted molar refractivity (Wildman–Crippen MR) is 121 cm³/mol. The number of para-hydroxylation sites is 1. The molecule has 138 valence electrons. The highest BCUT2D eigenvalue weighted by Gasteiger charge is 2.14. The van der Waals surface area contributed by atoms with E-state index in [9.17, 15) is 0 Å². The Bertz CT molecular complexity index is 864. The molecule has 2 aromatic carbocycles. The summed E-state index contributed by atoms with van der Waals surface area (Å²) in [6.07, 6.45) is 9.35. The van der Waals surface area contributed by atoms with Gasteiger partial charge >= 0.3 is 0 Å². The van der Waals surface area contributed by atoms with Crippen LogP contribution < -0.4 is 4.90 Å². The van der Waals surface area contributed by atoms with Crippen LogP contribution in [-0.2, 0) is 0 Å². The van der Waals surface area contributed by atoms with E-state index in [2.05, 4.69) is 111 Å². The fourth-order valence-electron chi connectivity index (χ4n) is 2.92. The van der Waals surface area contributed by atoms with Crippen LogP contribution in [0.5, 0.6) is 0 Å². The lowest BCUT2D eigenvalue weighted by Gasteiger charge is -2.26. The molecule has 0 aromatic heterocycles. The lowest BCUT2D eigenvalue weighted by molar-refractivity contribution is 0.924. The van der Waals surface area contributed by atoms with E-state index in [0.29, 0.717) is 6.54 Å². The molecule has 27 heavy (non-hydrogen) atoms. The fraction of sp³-hybridized carbons (Fsp3) is 0.217. The zero-order valence-electron chi connectivity index (χ0n) is 15.7. The first kappa shape index (κ1) is 19.3. The van der Waals surface area contributed by atoms with Gasteiger partial charge < -0.3 is 4.90 Å². The second kappa shape index (κ2) is 9.47. The second-order valence-corrected chi connectivity index (χ2v) is 7.24. The molecule has 4 heteroatoms. The van der Waals surface area contributed by atoms with E-state index in [1.54, 1.807) is 0 Å². The molecule has 1 aliphatic heterocycles. The smallest absolute Gasteiger partial charge is 0.124 e. The zero-order chi connectivity index (χ0) is 19.1. The Balaban J connectivity index is 1.95. The molecule has 1 unspecified atom stereocenters. The van der Waals surface area contributed by atoms with Gasteiger partial charge in [0.1, 0.15) is 4.95 Å². The average molecular weight is 422 g/mol. The maximum atomic E-state index is 4.59. The van der Waals surface area contributed by atoms with Crippen LogP contribution >= 0.6 is 15.9 Å². The molecule has 0 aliphatic carbocycles. The van der Waals surface area contributed by atoms with Crippen LogP contribution in [0.25, 0.3) is 0 Å². The Morgan fingerprint density at radius 1 is 1.11 bits per heavy atom. The van der Waals surface area contributed by atoms with E-state index in [0.717, 1.165) is 34.8 Å². The third-order valence-electron chi connectivity index (χ3n) is 4.28. The molecule has 1 heterocycles. The Morgan fingerprint density at radius 3 is 2.41 bits per heavy atom. The number of aliphatic imine (C=N–C) groups is 2. The number of benzene rings is 2. The Hall–Kier alpha value is -2.46. The zero-order valence-corrected chi connectivity index (χ0v) is 17.3. The number of rotatable bonds is 6. The molecular formula is C23H24BrN3. The summed E-state index contributed by atoms with van der Waals surface area (Å²) in [7, 11) is 0. The van der Waals surface area contributed by atoms with Crippen LogP contribution in [0.2, 0.25) is 0 Å². The molecule has 3 nitrogen and oxygen atoms in total. The number of halogens is 1. The minimum Gasteiger partial charge on any atom is -0.311 e. The van der Waals surface area contributed by atoms with Crippen molar-refractivity contribution in [3.8, 4) is 0 Å². The van der Waals surface area contributed by atoms with E-state index in [1.165, 1.54) is 0 Å². The molecule has 1 atom stereocenters. The highest BCUT2D eigenvalue weighted by Crippen LogP contribution is 2.30. The van der Waals surface area contributed by atoms with Gasteiger partial charge in [-0.05, 0) is 43.7 Å². The van der Waals surface area contributed by atoms with Crippen LogP contribution in [0, 0.1) is 0 Å². The molecule has 1 aliphatic rings. The highest BCUT2D eigenvalue weighted by molar-refractivity contribution is 9.09. The Kier molecular flexibility index (Phi) is 6.77. The van der Waals surface area contributed by atoms with Gasteiger partial charge in [-0.2, -0.15) is 0 Å². The van der Waals surface area contributed by atoms with Crippen LogP contribution in [0.15, 0.2) is 88.5 Å². The van der Waals surface area contributed by atoms with Crippen molar-refractivity contribution in [1.82, 2.24) is 0 Å². The van der Waals surface area contributed by atoms with Crippen LogP contribution in [-0.4, -0.2) is 23.4 Å². The predicted octanol–water partition coefficient (Wildman–Crippen LogP) is 6.29.